The summed E-state index contributed by atoms with van der Waals surface area (Å²) in [6, 6.07) is 20.6. The molecule has 1 amide bonds. The second-order valence-electron chi connectivity index (χ2n) is 9.64. The molecule has 190 valence electrons. The highest BCUT2D eigenvalue weighted by Crippen LogP contribution is 2.39. The van der Waals surface area contributed by atoms with Gasteiger partial charge in [-0.25, -0.2) is 9.18 Å². The number of thioether (sulfide) groups is 1. The summed E-state index contributed by atoms with van der Waals surface area (Å²) in [5.74, 6) is -1.66. The normalized spacial score (nSPS) is 18.2. The molecule has 1 aromatic heterocycles. The predicted octanol–water partition coefficient (Wildman–Crippen LogP) is 3.51. The van der Waals surface area contributed by atoms with Gasteiger partial charge < -0.3 is 14.5 Å². The molecule has 10 heteroatoms. The highest BCUT2D eigenvalue weighted by atomic mass is 32.2. The van der Waals surface area contributed by atoms with Crippen molar-refractivity contribution < 1.29 is 18.3 Å². The summed E-state index contributed by atoms with van der Waals surface area (Å²) in [7, 11) is -2.74. The molecular weight excluding hydrogens is 497 g/mol. The van der Waals surface area contributed by atoms with Crippen molar-refractivity contribution in [1.82, 2.24) is 9.55 Å². The maximum absolute atomic E-state index is 14.4. The maximum Gasteiger partial charge on any atom is 0.350 e. The van der Waals surface area contributed by atoms with Gasteiger partial charge in [-0.2, -0.15) is 4.98 Å². The van der Waals surface area contributed by atoms with E-state index in [1.54, 1.807) is 0 Å². The molecule has 2 aromatic carbocycles. The average Bonchev–Trinajstić information content (AvgIpc) is 3.30. The molecule has 2 heterocycles. The zero-order valence-corrected chi connectivity index (χ0v) is 22.5. The van der Waals surface area contributed by atoms with E-state index in [0.29, 0.717) is 6.61 Å². The summed E-state index contributed by atoms with van der Waals surface area (Å²) in [4.78, 5) is 27.4. The van der Waals surface area contributed by atoms with E-state index >= 15 is 0 Å². The van der Waals surface area contributed by atoms with E-state index in [4.69, 9.17) is 9.16 Å². The summed E-state index contributed by atoms with van der Waals surface area (Å²) in [6.07, 6.45) is 1.06. The Balaban J connectivity index is 1.58. The molecule has 0 aliphatic carbocycles. The van der Waals surface area contributed by atoms with Crippen molar-refractivity contribution in [2.75, 3.05) is 18.5 Å². The summed E-state index contributed by atoms with van der Waals surface area (Å²) in [5, 5.41) is 3.92. The van der Waals surface area contributed by atoms with Crippen molar-refractivity contribution in [3.63, 3.8) is 0 Å². The zero-order valence-electron chi connectivity index (χ0n) is 20.7. The maximum atomic E-state index is 14.4. The van der Waals surface area contributed by atoms with Crippen molar-refractivity contribution in [3.05, 3.63) is 83.2 Å². The Bertz CT molecular complexity index is 1230. The van der Waals surface area contributed by atoms with Gasteiger partial charge >= 0.3 is 5.69 Å². The monoisotopic (exact) mass is 527 g/mol. The lowest BCUT2D eigenvalue weighted by atomic mass is 10.2. The Kier molecular flexibility index (Phi) is 7.79. The molecule has 1 N–H and O–H groups in total. The molecule has 3 aromatic rings. The number of hydrogen-bond acceptors (Lipinski definition) is 6. The van der Waals surface area contributed by atoms with E-state index in [0.717, 1.165) is 6.20 Å². The van der Waals surface area contributed by atoms with Crippen LogP contribution in [0, 0.1) is 5.82 Å². The topological polar surface area (TPSA) is 82.5 Å². The number of benzene rings is 2. The molecular formula is C26H30FN3O4SSi. The lowest BCUT2D eigenvalue weighted by Gasteiger charge is -2.43. The van der Waals surface area contributed by atoms with Crippen LogP contribution in [-0.4, -0.2) is 42.4 Å². The molecule has 1 aliphatic heterocycles. The number of carbonyl (C=O) groups is 1. The number of nitrogens with zero attached hydrogens (tertiary/aromatic N) is 2. The Labute approximate surface area is 215 Å². The van der Waals surface area contributed by atoms with E-state index in [1.807, 2.05) is 36.4 Å². The molecule has 1 aliphatic rings. The van der Waals surface area contributed by atoms with Gasteiger partial charge in [0.1, 0.15) is 10.8 Å². The standard InChI is InChI=1S/C26H30FN3O4SSi/c1-18(31)28-24-21(27)15-30(25(32)29-24)22-16-33-23(35-22)17-34-36(26(2,3)4,19-11-7-5-8-12-19)20-13-9-6-10-14-20/h5-15,22-23H,16-17H2,1-4H3,(H,28,29,31,32)/t22-,23+/m1/s1. The van der Waals surface area contributed by atoms with Crippen molar-refractivity contribution in [2.24, 2.45) is 0 Å². The number of hydrogen-bond donors (Lipinski definition) is 1. The molecule has 1 saturated heterocycles. The third-order valence-corrected chi connectivity index (χ3v) is 12.4. The lowest BCUT2D eigenvalue weighted by Crippen LogP contribution is -2.67. The van der Waals surface area contributed by atoms with Gasteiger partial charge in [0, 0.05) is 13.1 Å². The van der Waals surface area contributed by atoms with E-state index in [2.05, 4.69) is 55.3 Å². The van der Waals surface area contributed by atoms with Gasteiger partial charge in [0.2, 0.25) is 5.91 Å². The fourth-order valence-corrected chi connectivity index (χ4v) is 10.3. The highest BCUT2D eigenvalue weighted by Gasteiger charge is 2.50. The van der Waals surface area contributed by atoms with Crippen LogP contribution in [0.25, 0.3) is 0 Å². The van der Waals surface area contributed by atoms with Crippen LogP contribution in [0.1, 0.15) is 33.1 Å². The molecule has 7 nitrogen and oxygen atoms in total. The number of carbonyl (C=O) groups excluding carboxylic acids is 1. The number of ether oxygens (including phenoxy) is 1. The van der Waals surface area contributed by atoms with Gasteiger partial charge in [0.25, 0.3) is 8.32 Å². The van der Waals surface area contributed by atoms with Crippen LogP contribution in [0.4, 0.5) is 10.2 Å². The minimum absolute atomic E-state index is 0.179. The molecule has 0 radical (unpaired) electrons. The summed E-state index contributed by atoms with van der Waals surface area (Å²) >= 11 is 1.39. The first-order valence-corrected chi connectivity index (χ1v) is 14.6. The lowest BCUT2D eigenvalue weighted by molar-refractivity contribution is -0.114. The molecule has 0 spiro atoms. The number of aromatic nitrogens is 2. The van der Waals surface area contributed by atoms with Gasteiger partial charge in [-0.15, -0.1) is 11.8 Å². The van der Waals surface area contributed by atoms with E-state index in [9.17, 15) is 14.0 Å². The van der Waals surface area contributed by atoms with E-state index < -0.39 is 31.1 Å². The third kappa shape index (κ3) is 5.31. The van der Waals surface area contributed by atoms with Gasteiger partial charge in [-0.3, -0.25) is 9.36 Å². The molecule has 0 unspecified atom stereocenters. The molecule has 0 bridgehead atoms. The highest BCUT2D eigenvalue weighted by molar-refractivity contribution is 8.00. The quantitative estimate of drug-likeness (QED) is 0.474. The van der Waals surface area contributed by atoms with E-state index in [1.165, 1.54) is 33.6 Å². The first kappa shape index (κ1) is 26.3. The van der Waals surface area contributed by atoms with Crippen molar-refractivity contribution in [2.45, 2.75) is 43.5 Å². The Hall–Kier alpha value is -2.79. The van der Waals surface area contributed by atoms with Crippen LogP contribution in [0.3, 0.4) is 0 Å². The van der Waals surface area contributed by atoms with Gasteiger partial charge in [0.05, 0.1) is 13.2 Å². The largest absolute Gasteiger partial charge is 0.404 e. The molecule has 36 heavy (non-hydrogen) atoms. The molecule has 0 saturated carbocycles. The second-order valence-corrected chi connectivity index (χ2v) is 15.3. The van der Waals surface area contributed by atoms with Crippen LogP contribution >= 0.6 is 11.8 Å². The van der Waals surface area contributed by atoms with Crippen molar-refractivity contribution >= 4 is 42.2 Å². The fourth-order valence-electron chi connectivity index (χ4n) is 4.54. The first-order valence-electron chi connectivity index (χ1n) is 11.7. The number of halogens is 1. The van der Waals surface area contributed by atoms with Gasteiger partial charge in [0.15, 0.2) is 11.6 Å². The van der Waals surface area contributed by atoms with Gasteiger partial charge in [-0.1, -0.05) is 81.4 Å². The Morgan fingerprint density at radius 3 is 2.28 bits per heavy atom. The van der Waals surface area contributed by atoms with Crippen LogP contribution in [0.2, 0.25) is 5.04 Å². The third-order valence-electron chi connectivity index (χ3n) is 6.10. The second kappa shape index (κ2) is 10.7. The predicted molar refractivity (Wildman–Crippen MR) is 143 cm³/mol. The number of amides is 1. The Morgan fingerprint density at radius 2 is 1.75 bits per heavy atom. The SMILES string of the molecule is CC(=O)Nc1nc(=O)n([C@H]2CO[C@H](CO[Si](c3ccccc3)(c3ccccc3)C(C)(C)C)S2)cc1F. The first-order chi connectivity index (χ1) is 17.1. The van der Waals surface area contributed by atoms with Crippen molar-refractivity contribution in [1.29, 1.82) is 0 Å². The van der Waals surface area contributed by atoms with Crippen LogP contribution in [0.5, 0.6) is 0 Å². The van der Waals surface area contributed by atoms with Crippen LogP contribution in [0.15, 0.2) is 71.7 Å². The molecule has 2 atom stereocenters. The summed E-state index contributed by atoms with van der Waals surface area (Å²) < 4.78 is 28.5. The average molecular weight is 528 g/mol. The minimum Gasteiger partial charge on any atom is -0.404 e. The van der Waals surface area contributed by atoms with Crippen LogP contribution < -0.4 is 21.4 Å². The smallest absolute Gasteiger partial charge is 0.350 e. The van der Waals surface area contributed by atoms with Crippen LogP contribution in [-0.2, 0) is 14.0 Å². The summed E-state index contributed by atoms with van der Waals surface area (Å²) in [5.41, 5.74) is -1.00. The minimum atomic E-state index is -2.74. The summed E-state index contributed by atoms with van der Waals surface area (Å²) in [6.45, 7) is 8.35. The number of anilines is 1. The number of nitrogens with one attached hydrogen (secondary N) is 1. The Morgan fingerprint density at radius 1 is 1.17 bits per heavy atom. The number of rotatable bonds is 7. The van der Waals surface area contributed by atoms with Gasteiger partial charge in [-0.05, 0) is 15.4 Å². The molecule has 4 rings (SSSR count). The molecule has 1 fully saturated rings. The zero-order chi connectivity index (χ0) is 25.9. The fraction of sp³-hybridized carbons (Fsp3) is 0.346. The van der Waals surface area contributed by atoms with Crippen molar-refractivity contribution in [3.8, 4) is 0 Å². The van der Waals surface area contributed by atoms with E-state index in [-0.39, 0.29) is 22.9 Å².